The molecule has 1 heterocycles. The number of H-pyrrole nitrogens is 1. The molecule has 0 fully saturated rings. The van der Waals surface area contributed by atoms with E-state index >= 15 is 0 Å². The lowest BCUT2D eigenvalue weighted by atomic mass is 10.0. The Morgan fingerprint density at radius 1 is 0.957 bits per heavy atom. The third-order valence-corrected chi connectivity index (χ3v) is 4.26. The number of fused-ring (bicyclic) bond motifs is 1. The van der Waals surface area contributed by atoms with Gasteiger partial charge in [0.15, 0.2) is 0 Å². The van der Waals surface area contributed by atoms with Crippen LogP contribution in [-0.4, -0.2) is 10.9 Å². The SMILES string of the molecule is Cc1cccc(NC(=O)c2c(C)c3ccccc3[nH]c2=O)c1C. The van der Waals surface area contributed by atoms with Gasteiger partial charge in [0, 0.05) is 16.6 Å². The predicted molar refractivity (Wildman–Crippen MR) is 93.2 cm³/mol. The summed E-state index contributed by atoms with van der Waals surface area (Å²) in [6, 6.07) is 13.2. The van der Waals surface area contributed by atoms with Crippen molar-refractivity contribution in [2.75, 3.05) is 5.32 Å². The van der Waals surface area contributed by atoms with Crippen molar-refractivity contribution in [1.29, 1.82) is 0 Å². The standard InChI is InChI=1S/C19H18N2O2/c1-11-7-6-10-15(12(11)2)20-18(22)17-13(3)14-8-4-5-9-16(14)21-19(17)23/h4-10H,1-3H3,(H,20,22)(H,21,23). The first-order valence-electron chi connectivity index (χ1n) is 7.48. The van der Waals surface area contributed by atoms with Crippen molar-refractivity contribution in [2.24, 2.45) is 0 Å². The van der Waals surface area contributed by atoms with Gasteiger partial charge in [-0.2, -0.15) is 0 Å². The van der Waals surface area contributed by atoms with Crippen molar-refractivity contribution < 1.29 is 4.79 Å². The van der Waals surface area contributed by atoms with Gasteiger partial charge in [-0.05, 0) is 49.6 Å². The zero-order chi connectivity index (χ0) is 16.6. The maximum absolute atomic E-state index is 12.6. The normalized spacial score (nSPS) is 10.7. The van der Waals surface area contributed by atoms with E-state index < -0.39 is 0 Å². The number of amides is 1. The van der Waals surface area contributed by atoms with E-state index in [2.05, 4.69) is 10.3 Å². The first kappa shape index (κ1) is 15.0. The summed E-state index contributed by atoms with van der Waals surface area (Å²) >= 11 is 0. The Morgan fingerprint density at radius 2 is 1.70 bits per heavy atom. The smallest absolute Gasteiger partial charge is 0.261 e. The van der Waals surface area contributed by atoms with E-state index in [1.165, 1.54) is 0 Å². The van der Waals surface area contributed by atoms with Crippen molar-refractivity contribution in [1.82, 2.24) is 4.98 Å². The minimum Gasteiger partial charge on any atom is -0.322 e. The molecule has 4 nitrogen and oxygen atoms in total. The molecule has 0 radical (unpaired) electrons. The molecular formula is C19H18N2O2. The second-order valence-electron chi connectivity index (χ2n) is 5.70. The monoisotopic (exact) mass is 306 g/mol. The summed E-state index contributed by atoms with van der Waals surface area (Å²) < 4.78 is 0. The van der Waals surface area contributed by atoms with E-state index in [0.717, 1.165) is 27.7 Å². The number of para-hydroxylation sites is 1. The van der Waals surface area contributed by atoms with Gasteiger partial charge in [-0.3, -0.25) is 9.59 Å². The van der Waals surface area contributed by atoms with Gasteiger partial charge in [0.2, 0.25) is 0 Å². The number of rotatable bonds is 2. The molecule has 0 unspecified atom stereocenters. The first-order valence-corrected chi connectivity index (χ1v) is 7.48. The van der Waals surface area contributed by atoms with Crippen molar-refractivity contribution in [3.63, 3.8) is 0 Å². The van der Waals surface area contributed by atoms with Crippen LogP contribution in [-0.2, 0) is 0 Å². The van der Waals surface area contributed by atoms with E-state index in [0.29, 0.717) is 5.56 Å². The lowest BCUT2D eigenvalue weighted by Crippen LogP contribution is -2.25. The van der Waals surface area contributed by atoms with Gasteiger partial charge in [0.1, 0.15) is 5.56 Å². The highest BCUT2D eigenvalue weighted by Gasteiger charge is 2.17. The van der Waals surface area contributed by atoms with E-state index in [1.54, 1.807) is 6.92 Å². The number of benzene rings is 2. The fourth-order valence-electron chi connectivity index (χ4n) is 2.75. The number of anilines is 1. The number of carbonyl (C=O) groups excluding carboxylic acids is 1. The van der Waals surface area contributed by atoms with E-state index in [-0.39, 0.29) is 17.0 Å². The molecule has 4 heteroatoms. The van der Waals surface area contributed by atoms with Crippen molar-refractivity contribution in [3.05, 3.63) is 75.1 Å². The summed E-state index contributed by atoms with van der Waals surface area (Å²) in [4.78, 5) is 27.7. The first-order chi connectivity index (χ1) is 11.0. The van der Waals surface area contributed by atoms with Crippen LogP contribution in [0.4, 0.5) is 5.69 Å². The molecule has 0 bridgehead atoms. The topological polar surface area (TPSA) is 62.0 Å². The van der Waals surface area contributed by atoms with Crippen LogP contribution in [0.2, 0.25) is 0 Å². The summed E-state index contributed by atoms with van der Waals surface area (Å²) in [6.45, 7) is 5.73. The fraction of sp³-hybridized carbons (Fsp3) is 0.158. The van der Waals surface area contributed by atoms with Gasteiger partial charge >= 0.3 is 0 Å². The number of nitrogens with one attached hydrogen (secondary N) is 2. The number of carbonyl (C=O) groups is 1. The molecule has 0 aliphatic rings. The molecule has 2 N–H and O–H groups in total. The van der Waals surface area contributed by atoms with Crippen LogP contribution in [0.1, 0.15) is 27.0 Å². The van der Waals surface area contributed by atoms with E-state index in [9.17, 15) is 9.59 Å². The van der Waals surface area contributed by atoms with Crippen LogP contribution in [0.25, 0.3) is 10.9 Å². The average molecular weight is 306 g/mol. The Morgan fingerprint density at radius 3 is 2.48 bits per heavy atom. The molecule has 2 aromatic carbocycles. The van der Waals surface area contributed by atoms with Crippen LogP contribution < -0.4 is 10.9 Å². The molecule has 23 heavy (non-hydrogen) atoms. The molecule has 3 aromatic rings. The van der Waals surface area contributed by atoms with Gasteiger partial charge < -0.3 is 10.3 Å². The highest BCUT2D eigenvalue weighted by molar-refractivity contribution is 6.07. The molecular weight excluding hydrogens is 288 g/mol. The second kappa shape index (κ2) is 5.72. The number of hydrogen-bond acceptors (Lipinski definition) is 2. The second-order valence-corrected chi connectivity index (χ2v) is 5.70. The quantitative estimate of drug-likeness (QED) is 0.758. The Labute approximate surface area is 134 Å². The van der Waals surface area contributed by atoms with Crippen molar-refractivity contribution in [2.45, 2.75) is 20.8 Å². The molecule has 0 saturated carbocycles. The van der Waals surface area contributed by atoms with Crippen LogP contribution in [0.5, 0.6) is 0 Å². The maximum Gasteiger partial charge on any atom is 0.261 e. The van der Waals surface area contributed by atoms with Crippen LogP contribution in [0, 0.1) is 20.8 Å². The van der Waals surface area contributed by atoms with Gasteiger partial charge in [0.05, 0.1) is 0 Å². The molecule has 1 aromatic heterocycles. The largest absolute Gasteiger partial charge is 0.322 e. The predicted octanol–water partition coefficient (Wildman–Crippen LogP) is 3.71. The Bertz CT molecular complexity index is 971. The van der Waals surface area contributed by atoms with Gasteiger partial charge in [0.25, 0.3) is 11.5 Å². The zero-order valence-electron chi connectivity index (χ0n) is 13.4. The Kier molecular flexibility index (Phi) is 3.74. The lowest BCUT2D eigenvalue weighted by Gasteiger charge is -2.12. The van der Waals surface area contributed by atoms with Crippen LogP contribution >= 0.6 is 0 Å². The number of aromatic amines is 1. The summed E-state index contributed by atoms with van der Waals surface area (Å²) in [5, 5.41) is 3.73. The third-order valence-electron chi connectivity index (χ3n) is 4.26. The van der Waals surface area contributed by atoms with Crippen LogP contribution in [0.3, 0.4) is 0 Å². The lowest BCUT2D eigenvalue weighted by molar-refractivity contribution is 0.102. The molecule has 0 saturated heterocycles. The fourth-order valence-corrected chi connectivity index (χ4v) is 2.75. The van der Waals surface area contributed by atoms with Gasteiger partial charge in [-0.15, -0.1) is 0 Å². The Balaban J connectivity index is 2.08. The van der Waals surface area contributed by atoms with Crippen LogP contribution in [0.15, 0.2) is 47.3 Å². The maximum atomic E-state index is 12.6. The minimum absolute atomic E-state index is 0.157. The summed E-state index contributed by atoms with van der Waals surface area (Å²) in [7, 11) is 0. The molecule has 1 amide bonds. The van der Waals surface area contributed by atoms with E-state index in [4.69, 9.17) is 0 Å². The zero-order valence-corrected chi connectivity index (χ0v) is 13.4. The number of aryl methyl sites for hydroxylation is 2. The number of pyridine rings is 1. The Hall–Kier alpha value is -2.88. The molecule has 0 aliphatic heterocycles. The average Bonchev–Trinajstić information content (AvgIpc) is 2.52. The summed E-state index contributed by atoms with van der Waals surface area (Å²) in [6.07, 6.45) is 0. The molecule has 3 rings (SSSR count). The van der Waals surface area contributed by atoms with Gasteiger partial charge in [-0.25, -0.2) is 0 Å². The van der Waals surface area contributed by atoms with Gasteiger partial charge in [-0.1, -0.05) is 30.3 Å². The van der Waals surface area contributed by atoms with E-state index in [1.807, 2.05) is 56.3 Å². The van der Waals surface area contributed by atoms with Crippen molar-refractivity contribution >= 4 is 22.5 Å². The number of aromatic nitrogens is 1. The molecule has 116 valence electrons. The molecule has 0 aliphatic carbocycles. The minimum atomic E-state index is -0.386. The highest BCUT2D eigenvalue weighted by Crippen LogP contribution is 2.21. The summed E-state index contributed by atoms with van der Waals surface area (Å²) in [5.74, 6) is -0.386. The highest BCUT2D eigenvalue weighted by atomic mass is 16.2. The number of hydrogen-bond donors (Lipinski definition) is 2. The third kappa shape index (κ3) is 2.63. The molecule has 0 spiro atoms. The summed E-state index contributed by atoms with van der Waals surface area (Å²) in [5.41, 5.74) is 4.02. The molecule has 0 atom stereocenters. The van der Waals surface area contributed by atoms with Crippen molar-refractivity contribution in [3.8, 4) is 0 Å².